The van der Waals surface area contributed by atoms with Gasteiger partial charge < -0.3 is 15.0 Å². The molecule has 1 aromatic carbocycles. The fourth-order valence-electron chi connectivity index (χ4n) is 2.64. The number of hydrogen-bond donors (Lipinski definition) is 1. The molecule has 1 aliphatic rings. The van der Waals surface area contributed by atoms with Crippen molar-refractivity contribution >= 4 is 37.5 Å². The van der Waals surface area contributed by atoms with Crippen LogP contribution < -0.4 is 10.1 Å². The van der Waals surface area contributed by atoms with Gasteiger partial charge in [0.15, 0.2) is 9.84 Å². The molecule has 0 aliphatic carbocycles. The van der Waals surface area contributed by atoms with E-state index in [1.165, 1.54) is 0 Å². The van der Waals surface area contributed by atoms with E-state index in [-0.39, 0.29) is 23.6 Å². The predicted molar refractivity (Wildman–Crippen MR) is 93.8 cm³/mol. The zero-order valence-corrected chi connectivity index (χ0v) is 15.6. The van der Waals surface area contributed by atoms with Crippen LogP contribution >= 0.6 is 15.9 Å². The van der Waals surface area contributed by atoms with E-state index in [4.69, 9.17) is 4.74 Å². The van der Waals surface area contributed by atoms with Gasteiger partial charge in [0.25, 0.3) is 0 Å². The average molecular weight is 405 g/mol. The number of sulfone groups is 1. The first-order valence-electron chi connectivity index (χ1n) is 7.48. The number of hydrogen-bond acceptors (Lipinski definition) is 4. The average Bonchev–Trinajstić information content (AvgIpc) is 2.86. The van der Waals surface area contributed by atoms with Gasteiger partial charge in [-0.3, -0.25) is 0 Å². The Labute approximate surface area is 145 Å². The fraction of sp³-hybridized carbons (Fsp3) is 0.533. The highest BCUT2D eigenvalue weighted by Crippen LogP contribution is 2.28. The van der Waals surface area contributed by atoms with E-state index in [0.717, 1.165) is 10.9 Å². The Morgan fingerprint density at radius 1 is 1.48 bits per heavy atom. The largest absolute Gasteiger partial charge is 0.495 e. The van der Waals surface area contributed by atoms with Crippen LogP contribution in [0.1, 0.15) is 19.8 Å². The van der Waals surface area contributed by atoms with Crippen molar-refractivity contribution in [3.8, 4) is 5.75 Å². The summed E-state index contributed by atoms with van der Waals surface area (Å²) in [5, 5.41) is 2.82. The summed E-state index contributed by atoms with van der Waals surface area (Å²) in [7, 11) is -1.48. The second kappa shape index (κ2) is 7.53. The number of carbonyl (C=O) groups excluding carboxylic acids is 1. The van der Waals surface area contributed by atoms with E-state index >= 15 is 0 Å². The van der Waals surface area contributed by atoms with Crippen molar-refractivity contribution in [3.05, 3.63) is 22.7 Å². The van der Waals surface area contributed by atoms with Gasteiger partial charge in [-0.25, -0.2) is 13.2 Å². The molecule has 23 heavy (non-hydrogen) atoms. The van der Waals surface area contributed by atoms with Crippen LogP contribution in [0.25, 0.3) is 0 Å². The molecule has 0 spiro atoms. The lowest BCUT2D eigenvalue weighted by atomic mass is 10.2. The van der Waals surface area contributed by atoms with Gasteiger partial charge in [-0.2, -0.15) is 0 Å². The van der Waals surface area contributed by atoms with E-state index < -0.39 is 9.84 Å². The van der Waals surface area contributed by atoms with Gasteiger partial charge in [0.05, 0.1) is 23.1 Å². The van der Waals surface area contributed by atoms with Crippen LogP contribution in [0.5, 0.6) is 5.75 Å². The molecule has 0 radical (unpaired) electrons. The molecule has 1 saturated heterocycles. The number of rotatable bonds is 5. The normalized spacial score (nSPS) is 19.3. The number of benzene rings is 1. The lowest BCUT2D eigenvalue weighted by Gasteiger charge is -2.28. The lowest BCUT2D eigenvalue weighted by molar-refractivity contribution is 0.194. The molecular weight excluding hydrogens is 384 g/mol. The Kier molecular flexibility index (Phi) is 5.91. The maximum Gasteiger partial charge on any atom is 0.322 e. The lowest BCUT2D eigenvalue weighted by Crippen LogP contribution is -2.44. The molecule has 1 heterocycles. The molecule has 128 valence electrons. The van der Waals surface area contributed by atoms with Crippen LogP contribution in [0.3, 0.4) is 0 Å². The number of nitrogens with zero attached hydrogens (tertiary/aromatic N) is 1. The van der Waals surface area contributed by atoms with E-state index in [1.807, 2.05) is 6.92 Å². The highest BCUT2D eigenvalue weighted by atomic mass is 79.9. The zero-order chi connectivity index (χ0) is 17.0. The van der Waals surface area contributed by atoms with E-state index in [2.05, 4.69) is 21.2 Å². The Balaban J connectivity index is 2.12. The van der Waals surface area contributed by atoms with E-state index in [9.17, 15) is 13.2 Å². The minimum Gasteiger partial charge on any atom is -0.495 e. The molecular formula is C15H21BrN2O4S. The minimum absolute atomic E-state index is 0.0457. The van der Waals surface area contributed by atoms with Gasteiger partial charge in [-0.15, -0.1) is 0 Å². The van der Waals surface area contributed by atoms with Gasteiger partial charge in [0.1, 0.15) is 5.75 Å². The number of nitrogens with one attached hydrogen (secondary N) is 1. The van der Waals surface area contributed by atoms with E-state index in [1.54, 1.807) is 30.2 Å². The van der Waals surface area contributed by atoms with E-state index in [0.29, 0.717) is 24.4 Å². The van der Waals surface area contributed by atoms with Crippen molar-refractivity contribution in [2.75, 3.05) is 30.5 Å². The fourth-order valence-corrected chi connectivity index (χ4v) is 4.78. The predicted octanol–water partition coefficient (Wildman–Crippen LogP) is 2.89. The molecule has 6 nitrogen and oxygen atoms in total. The van der Waals surface area contributed by atoms with Gasteiger partial charge >= 0.3 is 6.03 Å². The standard InChI is InChI=1S/C15H21BrN2O4S/c1-3-7-18(12-6-8-23(20,21)10-12)15(19)17-11-4-5-13(16)14(9-11)22-2/h4-5,9,12H,3,6-8,10H2,1-2H3,(H,17,19). The van der Waals surface area contributed by atoms with Crippen LogP contribution in [0.15, 0.2) is 22.7 Å². The van der Waals surface area contributed by atoms with Crippen LogP contribution in [-0.2, 0) is 9.84 Å². The number of halogens is 1. The Hall–Kier alpha value is -1.28. The highest BCUT2D eigenvalue weighted by molar-refractivity contribution is 9.10. The molecule has 1 fully saturated rings. The van der Waals surface area contributed by atoms with Crippen molar-refractivity contribution in [1.29, 1.82) is 0 Å². The first-order chi connectivity index (χ1) is 10.9. The second-order valence-corrected chi connectivity index (χ2v) is 8.61. The molecule has 1 aliphatic heterocycles. The number of anilines is 1. The molecule has 2 rings (SSSR count). The zero-order valence-electron chi connectivity index (χ0n) is 13.2. The quantitative estimate of drug-likeness (QED) is 0.818. The summed E-state index contributed by atoms with van der Waals surface area (Å²) in [5.41, 5.74) is 0.608. The van der Waals surface area contributed by atoms with Crippen LogP contribution in [0.4, 0.5) is 10.5 Å². The van der Waals surface area contributed by atoms with Crippen molar-refractivity contribution in [1.82, 2.24) is 4.90 Å². The molecule has 0 saturated carbocycles. The first-order valence-corrected chi connectivity index (χ1v) is 10.1. The molecule has 1 unspecified atom stereocenters. The summed E-state index contributed by atoms with van der Waals surface area (Å²) < 4.78 is 29.4. The van der Waals surface area contributed by atoms with Crippen molar-refractivity contribution in [2.24, 2.45) is 0 Å². The molecule has 0 aromatic heterocycles. The van der Waals surface area contributed by atoms with Crippen molar-refractivity contribution in [2.45, 2.75) is 25.8 Å². The molecule has 1 aromatic rings. The molecule has 1 atom stereocenters. The maximum atomic E-state index is 12.6. The maximum absolute atomic E-state index is 12.6. The highest BCUT2D eigenvalue weighted by Gasteiger charge is 2.34. The van der Waals surface area contributed by atoms with Crippen molar-refractivity contribution < 1.29 is 17.9 Å². The summed E-state index contributed by atoms with van der Waals surface area (Å²) in [6.07, 6.45) is 1.27. The summed E-state index contributed by atoms with van der Waals surface area (Å²) in [6, 6.07) is 4.74. The third-order valence-electron chi connectivity index (χ3n) is 3.78. The summed E-state index contributed by atoms with van der Waals surface area (Å²) >= 11 is 3.36. The third kappa shape index (κ3) is 4.60. The Morgan fingerprint density at radius 3 is 2.78 bits per heavy atom. The molecule has 8 heteroatoms. The molecule has 1 N–H and O–H groups in total. The van der Waals surface area contributed by atoms with Gasteiger partial charge in [0, 0.05) is 24.3 Å². The summed E-state index contributed by atoms with van der Waals surface area (Å²) in [4.78, 5) is 14.2. The summed E-state index contributed by atoms with van der Waals surface area (Å²) in [5.74, 6) is 0.815. The smallest absolute Gasteiger partial charge is 0.322 e. The minimum atomic E-state index is -3.03. The molecule has 0 bridgehead atoms. The summed E-state index contributed by atoms with van der Waals surface area (Å²) in [6.45, 7) is 2.49. The van der Waals surface area contributed by atoms with Gasteiger partial charge in [-0.1, -0.05) is 6.92 Å². The topological polar surface area (TPSA) is 75.7 Å². The van der Waals surface area contributed by atoms with Crippen molar-refractivity contribution in [3.63, 3.8) is 0 Å². The Morgan fingerprint density at radius 2 is 2.22 bits per heavy atom. The van der Waals surface area contributed by atoms with Gasteiger partial charge in [-0.05, 0) is 40.9 Å². The third-order valence-corrected chi connectivity index (χ3v) is 6.18. The second-order valence-electron chi connectivity index (χ2n) is 5.53. The number of amides is 2. The monoisotopic (exact) mass is 404 g/mol. The Bertz CT molecular complexity index is 678. The number of methoxy groups -OCH3 is 1. The number of urea groups is 1. The van der Waals surface area contributed by atoms with Crippen LogP contribution in [-0.4, -0.2) is 50.6 Å². The number of carbonyl (C=O) groups is 1. The first kappa shape index (κ1) is 18.1. The van der Waals surface area contributed by atoms with Crippen LogP contribution in [0, 0.1) is 0 Å². The van der Waals surface area contributed by atoms with Gasteiger partial charge in [0.2, 0.25) is 0 Å². The van der Waals surface area contributed by atoms with Crippen LogP contribution in [0.2, 0.25) is 0 Å². The SMILES string of the molecule is CCCN(C(=O)Nc1ccc(Br)c(OC)c1)C1CCS(=O)(=O)C1. The number of ether oxygens (including phenoxy) is 1. The molecule has 2 amide bonds.